The van der Waals surface area contributed by atoms with E-state index in [1.807, 2.05) is 54.6 Å². The van der Waals surface area contributed by atoms with Crippen LogP contribution in [0.4, 0.5) is 0 Å². The fourth-order valence-electron chi connectivity index (χ4n) is 4.54. The van der Waals surface area contributed by atoms with Gasteiger partial charge in [-0.2, -0.15) is 9.41 Å². The fraction of sp³-hybridized carbons (Fsp3) is 0.321. The summed E-state index contributed by atoms with van der Waals surface area (Å²) in [6.07, 6.45) is 0.364. The van der Waals surface area contributed by atoms with E-state index in [4.69, 9.17) is 14.2 Å². The molecule has 2 aromatic carbocycles. The lowest BCUT2D eigenvalue weighted by Gasteiger charge is -2.25. The lowest BCUT2D eigenvalue weighted by Crippen LogP contribution is -2.40. The van der Waals surface area contributed by atoms with Gasteiger partial charge in [0.2, 0.25) is 0 Å². The zero-order valence-corrected chi connectivity index (χ0v) is 23.5. The van der Waals surface area contributed by atoms with E-state index in [0.717, 1.165) is 28.2 Å². The van der Waals surface area contributed by atoms with E-state index in [1.54, 1.807) is 13.2 Å². The number of nitrogens with zero attached hydrogens (tertiary/aromatic N) is 3. The highest BCUT2D eigenvalue weighted by atomic mass is 32.2. The molecule has 0 saturated carbocycles. The molecule has 0 radical (unpaired) electrons. The van der Waals surface area contributed by atoms with Crippen molar-refractivity contribution in [1.82, 2.24) is 9.31 Å². The van der Waals surface area contributed by atoms with Gasteiger partial charge in [0.05, 0.1) is 38.5 Å². The molecule has 3 aromatic rings. The van der Waals surface area contributed by atoms with Crippen molar-refractivity contribution in [3.63, 3.8) is 0 Å². The van der Waals surface area contributed by atoms with Crippen LogP contribution in [-0.4, -0.2) is 75.3 Å². The minimum Gasteiger partial charge on any atom is -0.497 e. The van der Waals surface area contributed by atoms with E-state index in [2.05, 4.69) is 5.10 Å². The Labute approximate surface area is 236 Å². The number of benzene rings is 2. The molecule has 210 valence electrons. The largest absolute Gasteiger partial charge is 0.497 e. The van der Waals surface area contributed by atoms with Gasteiger partial charge >= 0.3 is 5.97 Å². The van der Waals surface area contributed by atoms with Gasteiger partial charge in [0.1, 0.15) is 9.96 Å². The van der Waals surface area contributed by atoms with Gasteiger partial charge < -0.3 is 14.2 Å². The third-order valence-electron chi connectivity index (χ3n) is 6.65. The van der Waals surface area contributed by atoms with Crippen LogP contribution in [0, 0.1) is 0 Å². The number of carbonyl (C=O) groups excluding carboxylic acids is 2. The second-order valence-electron chi connectivity index (χ2n) is 9.22. The molecule has 1 atom stereocenters. The molecule has 1 fully saturated rings. The minimum atomic E-state index is -3.64. The molecule has 0 unspecified atom stereocenters. The number of rotatable bonds is 9. The van der Waals surface area contributed by atoms with Crippen LogP contribution in [0.25, 0.3) is 0 Å². The summed E-state index contributed by atoms with van der Waals surface area (Å²) < 4.78 is 43.0. The topological polar surface area (TPSA) is 115 Å². The van der Waals surface area contributed by atoms with E-state index in [9.17, 15) is 18.0 Å². The third kappa shape index (κ3) is 6.25. The van der Waals surface area contributed by atoms with Gasteiger partial charge in [-0.15, -0.1) is 11.3 Å². The van der Waals surface area contributed by atoms with Crippen LogP contribution < -0.4 is 4.74 Å². The summed E-state index contributed by atoms with van der Waals surface area (Å²) in [5.74, 6) is -0.382. The van der Waals surface area contributed by atoms with Crippen LogP contribution >= 0.6 is 11.3 Å². The monoisotopic (exact) mass is 583 g/mol. The molecule has 0 bridgehead atoms. The molecule has 0 N–H and O–H groups in total. The molecule has 2 aliphatic heterocycles. The number of thiophene rings is 1. The first-order valence-corrected chi connectivity index (χ1v) is 15.0. The van der Waals surface area contributed by atoms with Crippen molar-refractivity contribution in [1.29, 1.82) is 0 Å². The Balaban J connectivity index is 1.24. The molecule has 0 aliphatic carbocycles. The molecule has 1 saturated heterocycles. The standard InChI is InChI=1S/C28H29N3O7S2/c1-36-22-9-7-21(8-10-22)25-18-24(20-5-3-2-4-6-20)29-31(25)26(32)19-38-27(33)17-23-11-12-28(39-23)40(34,35)30-13-15-37-16-14-30/h2-12,25H,13-19H2,1H3/t25-/m0/s1. The van der Waals surface area contributed by atoms with Crippen LogP contribution in [0.3, 0.4) is 0 Å². The summed E-state index contributed by atoms with van der Waals surface area (Å²) in [6, 6.07) is 19.8. The van der Waals surface area contributed by atoms with Crippen molar-refractivity contribution in [2.75, 3.05) is 40.0 Å². The first-order chi connectivity index (χ1) is 19.3. The fourth-order valence-corrected chi connectivity index (χ4v) is 7.44. The van der Waals surface area contributed by atoms with Crippen LogP contribution in [-0.2, 0) is 35.5 Å². The molecule has 3 heterocycles. The van der Waals surface area contributed by atoms with Gasteiger partial charge in [-0.05, 0) is 35.4 Å². The smallest absolute Gasteiger partial charge is 0.311 e. The highest BCUT2D eigenvalue weighted by Crippen LogP contribution is 2.34. The average molecular weight is 584 g/mol. The van der Waals surface area contributed by atoms with E-state index < -0.39 is 28.5 Å². The Morgan fingerprint density at radius 1 is 1.02 bits per heavy atom. The van der Waals surface area contributed by atoms with Crippen LogP contribution in [0.1, 0.15) is 28.5 Å². The molecule has 1 amide bonds. The Bertz CT molecular complexity index is 1480. The maximum absolute atomic E-state index is 13.2. The maximum atomic E-state index is 13.2. The first kappa shape index (κ1) is 28.0. The van der Waals surface area contributed by atoms with Crippen molar-refractivity contribution in [3.05, 3.63) is 82.7 Å². The van der Waals surface area contributed by atoms with Crippen molar-refractivity contribution in [2.24, 2.45) is 5.10 Å². The number of carbonyl (C=O) groups is 2. The highest BCUT2D eigenvalue weighted by Gasteiger charge is 2.34. The van der Waals surface area contributed by atoms with Gasteiger partial charge in [-0.25, -0.2) is 13.4 Å². The van der Waals surface area contributed by atoms with Crippen LogP contribution in [0.5, 0.6) is 5.75 Å². The van der Waals surface area contributed by atoms with Gasteiger partial charge in [0.25, 0.3) is 15.9 Å². The van der Waals surface area contributed by atoms with Crippen molar-refractivity contribution in [2.45, 2.75) is 23.1 Å². The van der Waals surface area contributed by atoms with Crippen molar-refractivity contribution in [3.8, 4) is 5.75 Å². The first-order valence-electron chi connectivity index (χ1n) is 12.8. The second-order valence-corrected chi connectivity index (χ2v) is 12.6. The average Bonchev–Trinajstić information content (AvgIpc) is 3.65. The van der Waals surface area contributed by atoms with E-state index >= 15 is 0 Å². The highest BCUT2D eigenvalue weighted by molar-refractivity contribution is 7.91. The molecular formula is C28H29N3O7S2. The SMILES string of the molecule is COc1ccc([C@@H]2CC(c3ccccc3)=NN2C(=O)COC(=O)Cc2ccc(S(=O)(=O)N3CCOCC3)s2)cc1. The predicted octanol–water partition coefficient (Wildman–Crippen LogP) is 3.24. The molecule has 40 heavy (non-hydrogen) atoms. The lowest BCUT2D eigenvalue weighted by molar-refractivity contribution is -0.152. The van der Waals surface area contributed by atoms with Gasteiger partial charge in [-0.1, -0.05) is 42.5 Å². The van der Waals surface area contributed by atoms with E-state index in [1.165, 1.54) is 15.4 Å². The lowest BCUT2D eigenvalue weighted by atomic mass is 9.98. The normalized spacial score (nSPS) is 17.9. The number of hydrogen-bond donors (Lipinski definition) is 0. The van der Waals surface area contributed by atoms with Gasteiger partial charge in [-0.3, -0.25) is 9.59 Å². The number of hydrogen-bond acceptors (Lipinski definition) is 9. The molecular weight excluding hydrogens is 554 g/mol. The molecule has 12 heteroatoms. The predicted molar refractivity (Wildman–Crippen MR) is 149 cm³/mol. The van der Waals surface area contributed by atoms with E-state index in [-0.39, 0.29) is 16.7 Å². The number of methoxy groups -OCH3 is 1. The number of esters is 1. The summed E-state index contributed by atoms with van der Waals surface area (Å²) in [5.41, 5.74) is 2.55. The number of sulfonamides is 1. The van der Waals surface area contributed by atoms with Gasteiger partial charge in [0, 0.05) is 24.4 Å². The Morgan fingerprint density at radius 3 is 2.45 bits per heavy atom. The number of ether oxygens (including phenoxy) is 3. The zero-order valence-electron chi connectivity index (χ0n) is 21.9. The summed E-state index contributed by atoms with van der Waals surface area (Å²) in [5, 5.41) is 5.97. The van der Waals surface area contributed by atoms with E-state index in [0.29, 0.717) is 43.4 Å². The molecule has 2 aliphatic rings. The number of morpholine rings is 1. The second kappa shape index (κ2) is 12.3. The molecule has 1 aromatic heterocycles. The summed E-state index contributed by atoms with van der Waals surface area (Å²) in [7, 11) is -2.05. The number of amides is 1. The van der Waals surface area contributed by atoms with Crippen molar-refractivity contribution < 1.29 is 32.2 Å². The summed E-state index contributed by atoms with van der Waals surface area (Å²) in [4.78, 5) is 26.3. The molecule has 10 nitrogen and oxygen atoms in total. The molecule has 5 rings (SSSR count). The zero-order chi connectivity index (χ0) is 28.1. The maximum Gasteiger partial charge on any atom is 0.311 e. The van der Waals surface area contributed by atoms with Crippen LogP contribution in [0.15, 0.2) is 76.0 Å². The minimum absolute atomic E-state index is 0.142. The Hall–Kier alpha value is -3.58. The third-order valence-corrected chi connectivity index (χ3v) is 10.1. The van der Waals surface area contributed by atoms with Gasteiger partial charge in [0.15, 0.2) is 6.61 Å². The van der Waals surface area contributed by atoms with Crippen molar-refractivity contribution >= 4 is 38.9 Å². The quantitative estimate of drug-likeness (QED) is 0.355. The summed E-state index contributed by atoms with van der Waals surface area (Å²) in [6.45, 7) is 0.807. The summed E-state index contributed by atoms with van der Waals surface area (Å²) >= 11 is 1.02. The Morgan fingerprint density at radius 2 is 1.75 bits per heavy atom. The Kier molecular flexibility index (Phi) is 8.60. The molecule has 0 spiro atoms. The van der Waals surface area contributed by atoms with Crippen LogP contribution in [0.2, 0.25) is 0 Å². The number of hydrazone groups is 1.